The van der Waals surface area contributed by atoms with Crippen LogP contribution in [-0.4, -0.2) is 65.7 Å². The number of carbonyl (C=O) groups is 1. The van der Waals surface area contributed by atoms with Crippen LogP contribution < -0.4 is 0 Å². The van der Waals surface area contributed by atoms with Gasteiger partial charge in [-0.1, -0.05) is 12.1 Å². The molecule has 0 spiro atoms. The fraction of sp³-hybridized carbons (Fsp3) is 0.300. The van der Waals surface area contributed by atoms with E-state index < -0.39 is 5.82 Å². The molecule has 28 heavy (non-hydrogen) atoms. The van der Waals surface area contributed by atoms with Gasteiger partial charge in [-0.3, -0.25) is 4.79 Å². The molecule has 0 unspecified atom stereocenters. The number of benzene rings is 1. The maximum Gasteiger partial charge on any atom is 0.259 e. The number of hydrogen-bond donors (Lipinski definition) is 0. The minimum absolute atomic E-state index is 0.222. The molecule has 0 saturated heterocycles. The SMILES string of the molecule is COCCN(CCOC)C(=O)c1cnn(-c2ccccc2F)c1-n1cccc1. The average Bonchev–Trinajstić information content (AvgIpc) is 3.37. The molecule has 0 aliphatic heterocycles. The minimum atomic E-state index is -0.423. The van der Waals surface area contributed by atoms with Crippen molar-refractivity contribution in [3.63, 3.8) is 0 Å². The van der Waals surface area contributed by atoms with Crippen LogP contribution in [0.5, 0.6) is 0 Å². The largest absolute Gasteiger partial charge is 0.383 e. The summed E-state index contributed by atoms with van der Waals surface area (Å²) in [7, 11) is 3.17. The van der Waals surface area contributed by atoms with Crippen LogP contribution in [0.25, 0.3) is 11.5 Å². The Labute approximate surface area is 162 Å². The van der Waals surface area contributed by atoms with Crippen molar-refractivity contribution in [1.82, 2.24) is 19.2 Å². The van der Waals surface area contributed by atoms with Crippen molar-refractivity contribution in [2.75, 3.05) is 40.5 Å². The number of amides is 1. The molecule has 0 bridgehead atoms. The Morgan fingerprint density at radius 3 is 2.32 bits per heavy atom. The van der Waals surface area contributed by atoms with Crippen molar-refractivity contribution in [2.45, 2.75) is 0 Å². The summed E-state index contributed by atoms with van der Waals surface area (Å²) >= 11 is 0. The molecule has 7 nitrogen and oxygen atoms in total. The summed E-state index contributed by atoms with van der Waals surface area (Å²) in [6.45, 7) is 1.62. The van der Waals surface area contributed by atoms with Gasteiger partial charge in [0, 0.05) is 39.7 Å². The number of nitrogens with zero attached hydrogens (tertiary/aromatic N) is 4. The molecule has 2 heterocycles. The summed E-state index contributed by atoms with van der Waals surface area (Å²) in [6, 6.07) is 9.99. The van der Waals surface area contributed by atoms with E-state index in [1.54, 1.807) is 54.3 Å². The molecule has 0 saturated carbocycles. The van der Waals surface area contributed by atoms with Gasteiger partial charge in [0.15, 0.2) is 5.82 Å². The predicted molar refractivity (Wildman–Crippen MR) is 103 cm³/mol. The van der Waals surface area contributed by atoms with E-state index >= 15 is 0 Å². The summed E-state index contributed by atoms with van der Waals surface area (Å²) in [5, 5.41) is 4.31. The molecule has 0 aliphatic carbocycles. The second-order valence-electron chi connectivity index (χ2n) is 6.11. The Bertz CT molecular complexity index is 900. The van der Waals surface area contributed by atoms with Crippen molar-refractivity contribution >= 4 is 5.91 Å². The van der Waals surface area contributed by atoms with E-state index in [9.17, 15) is 9.18 Å². The molecule has 0 atom stereocenters. The molecule has 1 amide bonds. The lowest BCUT2D eigenvalue weighted by atomic mass is 10.2. The van der Waals surface area contributed by atoms with Crippen molar-refractivity contribution in [3.8, 4) is 11.5 Å². The van der Waals surface area contributed by atoms with Crippen LogP contribution in [-0.2, 0) is 9.47 Å². The quantitative estimate of drug-likeness (QED) is 0.567. The minimum Gasteiger partial charge on any atom is -0.383 e. The Hall–Kier alpha value is -2.97. The van der Waals surface area contributed by atoms with Gasteiger partial charge in [0.25, 0.3) is 5.91 Å². The molecule has 0 fully saturated rings. The summed E-state index contributed by atoms with van der Waals surface area (Å²) in [4.78, 5) is 14.9. The normalized spacial score (nSPS) is 11.0. The van der Waals surface area contributed by atoms with Crippen molar-refractivity contribution in [2.24, 2.45) is 0 Å². The van der Waals surface area contributed by atoms with E-state index in [2.05, 4.69) is 5.10 Å². The first kappa shape index (κ1) is 19.8. The maximum atomic E-state index is 14.4. The van der Waals surface area contributed by atoms with E-state index in [0.29, 0.717) is 37.7 Å². The molecule has 0 aliphatic rings. The standard InChI is InChI=1S/C20H23FN4O3/c1-27-13-11-24(12-14-28-2)20(26)16-15-22-25(18-8-4-3-7-17(18)21)19(16)23-9-5-6-10-23/h3-10,15H,11-14H2,1-2H3. The number of carbonyl (C=O) groups excluding carboxylic acids is 1. The lowest BCUT2D eigenvalue weighted by molar-refractivity contribution is 0.0627. The van der Waals surface area contributed by atoms with Crippen molar-refractivity contribution in [3.05, 3.63) is 66.4 Å². The average molecular weight is 386 g/mol. The first-order chi connectivity index (χ1) is 13.7. The first-order valence-electron chi connectivity index (χ1n) is 8.90. The molecule has 3 rings (SSSR count). The molecule has 1 aromatic carbocycles. The molecule has 0 N–H and O–H groups in total. The van der Waals surface area contributed by atoms with Crippen molar-refractivity contribution < 1.29 is 18.7 Å². The third kappa shape index (κ3) is 4.13. The zero-order valence-corrected chi connectivity index (χ0v) is 15.9. The third-order valence-corrected chi connectivity index (χ3v) is 4.32. The zero-order valence-electron chi connectivity index (χ0n) is 15.9. The summed E-state index contributed by atoms with van der Waals surface area (Å²) in [6.07, 6.45) is 5.05. The lowest BCUT2D eigenvalue weighted by Gasteiger charge is -2.22. The molecular weight excluding hydrogens is 363 g/mol. The van der Waals surface area contributed by atoms with Crippen LogP contribution in [0, 0.1) is 5.82 Å². The highest BCUT2D eigenvalue weighted by atomic mass is 19.1. The number of halogens is 1. The van der Waals surface area contributed by atoms with Crippen LogP contribution in [0.3, 0.4) is 0 Å². The highest BCUT2D eigenvalue weighted by molar-refractivity contribution is 5.97. The fourth-order valence-electron chi connectivity index (χ4n) is 2.91. The highest BCUT2D eigenvalue weighted by Crippen LogP contribution is 2.23. The van der Waals surface area contributed by atoms with Gasteiger partial charge in [-0.05, 0) is 24.3 Å². The van der Waals surface area contributed by atoms with Gasteiger partial charge in [-0.2, -0.15) is 5.10 Å². The Morgan fingerprint density at radius 1 is 1.07 bits per heavy atom. The number of aromatic nitrogens is 3. The highest BCUT2D eigenvalue weighted by Gasteiger charge is 2.25. The van der Waals surface area contributed by atoms with Gasteiger partial charge in [0.1, 0.15) is 17.1 Å². The number of rotatable bonds is 9. The monoisotopic (exact) mass is 386 g/mol. The fourth-order valence-corrected chi connectivity index (χ4v) is 2.91. The molecule has 148 valence electrons. The Kier molecular flexibility index (Phi) is 6.57. The number of hydrogen-bond acceptors (Lipinski definition) is 4. The molecular formula is C20H23FN4O3. The smallest absolute Gasteiger partial charge is 0.259 e. The Morgan fingerprint density at radius 2 is 1.71 bits per heavy atom. The van der Waals surface area contributed by atoms with Gasteiger partial charge in [0.05, 0.1) is 19.4 Å². The number of ether oxygens (including phenoxy) is 2. The van der Waals surface area contributed by atoms with Gasteiger partial charge >= 0.3 is 0 Å². The van der Waals surface area contributed by atoms with Gasteiger partial charge in [-0.15, -0.1) is 0 Å². The van der Waals surface area contributed by atoms with Crippen LogP contribution in [0.1, 0.15) is 10.4 Å². The second-order valence-corrected chi connectivity index (χ2v) is 6.11. The zero-order chi connectivity index (χ0) is 19.9. The van der Waals surface area contributed by atoms with Gasteiger partial charge < -0.3 is 18.9 Å². The molecule has 8 heteroatoms. The van der Waals surface area contributed by atoms with Gasteiger partial charge in [-0.25, -0.2) is 9.07 Å². The number of para-hydroxylation sites is 1. The van der Waals surface area contributed by atoms with Crippen LogP contribution >= 0.6 is 0 Å². The Balaban J connectivity index is 2.05. The lowest BCUT2D eigenvalue weighted by Crippen LogP contribution is -2.36. The summed E-state index contributed by atoms with van der Waals surface area (Å²) in [5.74, 6) is -0.172. The van der Waals surface area contributed by atoms with Crippen molar-refractivity contribution in [1.29, 1.82) is 0 Å². The third-order valence-electron chi connectivity index (χ3n) is 4.32. The second kappa shape index (κ2) is 9.29. The van der Waals surface area contributed by atoms with E-state index in [1.165, 1.54) is 16.9 Å². The predicted octanol–water partition coefficient (Wildman–Crippen LogP) is 2.54. The van der Waals surface area contributed by atoms with E-state index in [4.69, 9.17) is 9.47 Å². The van der Waals surface area contributed by atoms with E-state index in [-0.39, 0.29) is 11.6 Å². The molecule has 2 aromatic heterocycles. The van der Waals surface area contributed by atoms with Crippen LogP contribution in [0.2, 0.25) is 0 Å². The first-order valence-corrected chi connectivity index (χ1v) is 8.90. The topological polar surface area (TPSA) is 61.5 Å². The summed E-state index contributed by atoms with van der Waals surface area (Å²) in [5.41, 5.74) is 0.636. The van der Waals surface area contributed by atoms with E-state index in [1.807, 2.05) is 12.1 Å². The van der Waals surface area contributed by atoms with Crippen LogP contribution in [0.15, 0.2) is 55.0 Å². The van der Waals surface area contributed by atoms with E-state index in [0.717, 1.165) is 0 Å². The van der Waals surface area contributed by atoms with Gasteiger partial charge in [0.2, 0.25) is 0 Å². The molecule has 0 radical (unpaired) electrons. The summed E-state index contributed by atoms with van der Waals surface area (Å²) < 4.78 is 27.8. The molecule has 3 aromatic rings. The van der Waals surface area contributed by atoms with Crippen LogP contribution in [0.4, 0.5) is 4.39 Å². The maximum absolute atomic E-state index is 14.4. The number of methoxy groups -OCH3 is 2.